The number of imide groups is 1. The quantitative estimate of drug-likeness (QED) is 0.395. The molecule has 2 aromatic heterocycles. The first kappa shape index (κ1) is 26.6. The number of hydrogen-bond donors (Lipinski definition) is 2. The summed E-state index contributed by atoms with van der Waals surface area (Å²) < 4.78 is 6.29. The van der Waals surface area contributed by atoms with E-state index in [0.717, 1.165) is 14.0 Å². The zero-order chi connectivity index (χ0) is 25.9. The van der Waals surface area contributed by atoms with E-state index in [1.165, 1.54) is 29.1 Å². The molecule has 0 fully saturated rings. The van der Waals surface area contributed by atoms with Crippen LogP contribution in [0.1, 0.15) is 27.8 Å². The lowest BCUT2D eigenvalue weighted by molar-refractivity contribution is -0.129. The molecule has 0 spiro atoms. The molecule has 0 aliphatic rings. The van der Waals surface area contributed by atoms with Gasteiger partial charge < -0.3 is 10.1 Å². The van der Waals surface area contributed by atoms with Crippen LogP contribution in [0.5, 0.6) is 0 Å². The zero-order valence-corrected chi connectivity index (χ0v) is 22.5. The van der Waals surface area contributed by atoms with Gasteiger partial charge in [-0.05, 0) is 56.1 Å². The molecule has 1 aromatic carbocycles. The van der Waals surface area contributed by atoms with E-state index in [2.05, 4.69) is 57.4 Å². The Morgan fingerprint density at radius 2 is 1.83 bits per heavy atom. The Bertz CT molecular complexity index is 1350. The van der Waals surface area contributed by atoms with Crippen LogP contribution in [0.15, 0.2) is 45.6 Å². The number of rotatable bonds is 4. The maximum absolute atomic E-state index is 13.2. The van der Waals surface area contributed by atoms with Crippen molar-refractivity contribution in [2.75, 3.05) is 12.4 Å². The van der Waals surface area contributed by atoms with Crippen LogP contribution in [-0.2, 0) is 9.53 Å². The van der Waals surface area contributed by atoms with E-state index in [0.29, 0.717) is 9.61 Å². The van der Waals surface area contributed by atoms with Crippen molar-refractivity contribution in [3.63, 3.8) is 0 Å². The van der Waals surface area contributed by atoms with Crippen LogP contribution < -0.4 is 10.7 Å². The molecule has 0 unspecified atom stereocenters. The summed E-state index contributed by atoms with van der Waals surface area (Å²) in [5.41, 5.74) is 2.00. The highest BCUT2D eigenvalue weighted by Gasteiger charge is 2.26. The molecule has 15 heteroatoms. The van der Waals surface area contributed by atoms with Crippen molar-refractivity contribution < 1.29 is 23.9 Å². The summed E-state index contributed by atoms with van der Waals surface area (Å²) in [6.07, 6.45) is 0.372. The monoisotopic (exact) mass is 646 g/mol. The Kier molecular flexibility index (Phi) is 8.48. The second-order valence-electron chi connectivity index (χ2n) is 6.60. The van der Waals surface area contributed by atoms with Crippen molar-refractivity contribution in [1.82, 2.24) is 25.2 Å². The molecule has 0 saturated heterocycles. The SMILES string of the molecule is COC(=O)N(NC(=O)c1cc(Cl)cc(Br)c1NC(=O)c1cc(Br)nn1-c1ncccc1Cl)C(C)=O. The first-order valence-corrected chi connectivity index (χ1v) is 11.7. The Morgan fingerprint density at radius 3 is 2.46 bits per heavy atom. The molecule has 0 radical (unpaired) electrons. The van der Waals surface area contributed by atoms with Gasteiger partial charge in [0.05, 0.1) is 23.4 Å². The van der Waals surface area contributed by atoms with Crippen LogP contribution in [0.3, 0.4) is 0 Å². The molecule has 2 heterocycles. The fourth-order valence-corrected chi connectivity index (χ4v) is 4.26. The second kappa shape index (κ2) is 11.2. The maximum Gasteiger partial charge on any atom is 0.435 e. The summed E-state index contributed by atoms with van der Waals surface area (Å²) in [4.78, 5) is 54.0. The van der Waals surface area contributed by atoms with Crippen LogP contribution in [0.4, 0.5) is 10.5 Å². The third kappa shape index (κ3) is 5.99. The molecule has 0 atom stereocenters. The summed E-state index contributed by atoms with van der Waals surface area (Å²) >= 11 is 18.8. The number of nitrogens with one attached hydrogen (secondary N) is 2. The fraction of sp³-hybridized carbons (Fsp3) is 0.100. The van der Waals surface area contributed by atoms with Gasteiger partial charge in [0.25, 0.3) is 11.8 Å². The molecule has 0 saturated carbocycles. The normalized spacial score (nSPS) is 10.5. The van der Waals surface area contributed by atoms with Crippen molar-refractivity contribution in [3.8, 4) is 5.82 Å². The van der Waals surface area contributed by atoms with Crippen LogP contribution in [0.2, 0.25) is 10.0 Å². The molecular weight excluding hydrogens is 635 g/mol. The number of carbonyl (C=O) groups excluding carboxylic acids is 4. The maximum atomic E-state index is 13.2. The van der Waals surface area contributed by atoms with E-state index in [-0.39, 0.29) is 37.3 Å². The topological polar surface area (TPSA) is 136 Å². The second-order valence-corrected chi connectivity index (χ2v) is 9.11. The molecule has 3 aromatic rings. The van der Waals surface area contributed by atoms with Gasteiger partial charge in [0, 0.05) is 28.7 Å². The minimum atomic E-state index is -1.11. The predicted molar refractivity (Wildman–Crippen MR) is 134 cm³/mol. The van der Waals surface area contributed by atoms with Gasteiger partial charge in [0.1, 0.15) is 10.3 Å². The van der Waals surface area contributed by atoms with E-state index < -0.39 is 23.8 Å². The number of carbonyl (C=O) groups is 4. The van der Waals surface area contributed by atoms with Crippen LogP contribution in [0.25, 0.3) is 5.82 Å². The summed E-state index contributed by atoms with van der Waals surface area (Å²) in [5.74, 6) is -2.21. The van der Waals surface area contributed by atoms with E-state index in [1.54, 1.807) is 12.1 Å². The Hall–Kier alpha value is -3.00. The predicted octanol–water partition coefficient (Wildman–Crippen LogP) is 4.61. The summed E-state index contributed by atoms with van der Waals surface area (Å²) in [5, 5.41) is 7.58. The minimum Gasteiger partial charge on any atom is -0.451 e. The number of amides is 4. The van der Waals surface area contributed by atoms with Crippen LogP contribution in [0, 0.1) is 0 Å². The Labute approximate surface area is 224 Å². The van der Waals surface area contributed by atoms with Gasteiger partial charge in [0.2, 0.25) is 5.91 Å². The molecule has 11 nitrogen and oxygen atoms in total. The van der Waals surface area contributed by atoms with Crippen molar-refractivity contribution in [3.05, 3.63) is 66.9 Å². The molecule has 0 aliphatic carbocycles. The number of anilines is 1. The van der Waals surface area contributed by atoms with Gasteiger partial charge >= 0.3 is 6.09 Å². The highest BCUT2D eigenvalue weighted by Crippen LogP contribution is 2.32. The number of ether oxygens (including phenoxy) is 1. The largest absolute Gasteiger partial charge is 0.451 e. The Morgan fingerprint density at radius 1 is 1.11 bits per heavy atom. The summed E-state index contributed by atoms with van der Waals surface area (Å²) in [6.45, 7) is 1.05. The number of nitrogens with zero attached hydrogens (tertiary/aromatic N) is 4. The van der Waals surface area contributed by atoms with Crippen LogP contribution in [-0.4, -0.2) is 50.7 Å². The van der Waals surface area contributed by atoms with Crippen molar-refractivity contribution >= 4 is 84.6 Å². The van der Waals surface area contributed by atoms with Crippen LogP contribution >= 0.6 is 55.1 Å². The van der Waals surface area contributed by atoms with Gasteiger partial charge in [-0.1, -0.05) is 23.2 Å². The molecule has 182 valence electrons. The number of aromatic nitrogens is 3. The number of halogens is 4. The van der Waals surface area contributed by atoms with Gasteiger partial charge in [-0.15, -0.1) is 0 Å². The molecule has 3 rings (SSSR count). The van der Waals surface area contributed by atoms with Crippen molar-refractivity contribution in [1.29, 1.82) is 0 Å². The van der Waals surface area contributed by atoms with E-state index in [9.17, 15) is 19.2 Å². The highest BCUT2D eigenvalue weighted by atomic mass is 79.9. The number of hydrazine groups is 1. The van der Waals surface area contributed by atoms with E-state index >= 15 is 0 Å². The smallest absolute Gasteiger partial charge is 0.435 e. The van der Waals surface area contributed by atoms with Gasteiger partial charge in [-0.3, -0.25) is 19.8 Å². The lowest BCUT2D eigenvalue weighted by Crippen LogP contribution is -2.49. The van der Waals surface area contributed by atoms with E-state index in [1.807, 2.05) is 0 Å². The molecule has 35 heavy (non-hydrogen) atoms. The lowest BCUT2D eigenvalue weighted by atomic mass is 10.1. The molecule has 0 aliphatic heterocycles. The molecule has 2 N–H and O–H groups in total. The van der Waals surface area contributed by atoms with E-state index in [4.69, 9.17) is 23.2 Å². The summed E-state index contributed by atoms with van der Waals surface area (Å²) in [7, 11) is 1.04. The first-order valence-electron chi connectivity index (χ1n) is 9.40. The number of hydrogen-bond acceptors (Lipinski definition) is 7. The average molecular weight is 649 g/mol. The number of pyridine rings is 1. The van der Waals surface area contributed by atoms with Crippen molar-refractivity contribution in [2.45, 2.75) is 6.92 Å². The molecule has 4 amide bonds. The molecule has 0 bridgehead atoms. The number of methoxy groups -OCH3 is 1. The zero-order valence-electron chi connectivity index (χ0n) is 17.8. The third-order valence-electron chi connectivity index (χ3n) is 4.28. The Balaban J connectivity index is 2.00. The fourth-order valence-electron chi connectivity index (χ4n) is 2.77. The first-order chi connectivity index (χ1) is 16.5. The average Bonchev–Trinajstić information content (AvgIpc) is 3.19. The third-order valence-corrected chi connectivity index (χ3v) is 5.80. The van der Waals surface area contributed by atoms with Gasteiger partial charge in [-0.25, -0.2) is 14.5 Å². The van der Waals surface area contributed by atoms with Gasteiger partial charge in [0.15, 0.2) is 5.82 Å². The highest BCUT2D eigenvalue weighted by molar-refractivity contribution is 9.10. The van der Waals surface area contributed by atoms with Crippen molar-refractivity contribution in [2.24, 2.45) is 0 Å². The lowest BCUT2D eigenvalue weighted by Gasteiger charge is -2.20. The minimum absolute atomic E-state index is 0.00116. The van der Waals surface area contributed by atoms with Gasteiger partial charge in [-0.2, -0.15) is 10.1 Å². The molecular formula is C20H14Br2Cl2N6O5. The number of benzene rings is 1. The standard InChI is InChI=1S/C20H14Br2Cl2N6O5/c1-9(31)29(20(34)35-2)28-18(32)11-6-10(23)7-12(21)16(11)26-19(33)14-8-15(22)27-30(14)17-13(24)4-3-5-25-17/h3-8H,1-2H3,(H,26,33)(H,28,32). The summed E-state index contributed by atoms with van der Waals surface area (Å²) in [6, 6.07) is 7.33.